The number of halogens is 1. The van der Waals surface area contributed by atoms with Crippen LogP contribution in [0.5, 0.6) is 0 Å². The molecule has 0 aromatic carbocycles. The standard InChI is InChI=1S/C9H12BrN3O/c1-6-4-13(5-7(6)10)8-9(14)12-3-2-11-8/h2-3,6-7H,4-5H2,1H3,(H,12,14). The first-order chi connectivity index (χ1) is 6.68. The summed E-state index contributed by atoms with van der Waals surface area (Å²) < 4.78 is 0. The molecule has 0 amide bonds. The molecular weight excluding hydrogens is 246 g/mol. The first-order valence-electron chi connectivity index (χ1n) is 4.61. The fourth-order valence-electron chi connectivity index (χ4n) is 1.67. The Labute approximate surface area is 90.5 Å². The Kier molecular flexibility index (Phi) is 2.58. The molecule has 2 heterocycles. The SMILES string of the molecule is CC1CN(c2ncc[nH]c2=O)CC1Br. The van der Waals surface area contributed by atoms with Gasteiger partial charge in [-0.05, 0) is 5.92 Å². The topological polar surface area (TPSA) is 49.0 Å². The van der Waals surface area contributed by atoms with E-state index in [1.807, 2.05) is 4.90 Å². The minimum atomic E-state index is -0.110. The molecule has 5 heteroatoms. The molecule has 14 heavy (non-hydrogen) atoms. The minimum absolute atomic E-state index is 0.110. The van der Waals surface area contributed by atoms with Gasteiger partial charge in [0.15, 0.2) is 5.82 Å². The van der Waals surface area contributed by atoms with Crippen LogP contribution in [0, 0.1) is 5.92 Å². The van der Waals surface area contributed by atoms with Crippen molar-refractivity contribution in [2.75, 3.05) is 18.0 Å². The second-order valence-electron chi connectivity index (χ2n) is 3.64. The Morgan fingerprint density at radius 3 is 3.00 bits per heavy atom. The molecule has 2 unspecified atom stereocenters. The van der Waals surface area contributed by atoms with Crippen molar-refractivity contribution in [2.24, 2.45) is 5.92 Å². The Morgan fingerprint density at radius 2 is 2.43 bits per heavy atom. The highest BCUT2D eigenvalue weighted by atomic mass is 79.9. The predicted octanol–water partition coefficient (Wildman–Crippen LogP) is 0.990. The predicted molar refractivity (Wildman–Crippen MR) is 58.9 cm³/mol. The maximum Gasteiger partial charge on any atom is 0.290 e. The fraction of sp³-hybridized carbons (Fsp3) is 0.556. The van der Waals surface area contributed by atoms with Gasteiger partial charge in [-0.3, -0.25) is 4.79 Å². The Hall–Kier alpha value is -0.840. The number of H-pyrrole nitrogens is 1. The third-order valence-corrected chi connectivity index (χ3v) is 3.70. The highest BCUT2D eigenvalue weighted by Gasteiger charge is 2.29. The zero-order valence-corrected chi connectivity index (χ0v) is 9.49. The van der Waals surface area contributed by atoms with Gasteiger partial charge in [-0.15, -0.1) is 0 Å². The molecule has 1 N–H and O–H groups in total. The van der Waals surface area contributed by atoms with Gasteiger partial charge in [0.2, 0.25) is 0 Å². The monoisotopic (exact) mass is 257 g/mol. The van der Waals surface area contributed by atoms with E-state index in [1.54, 1.807) is 12.4 Å². The Morgan fingerprint density at radius 1 is 1.64 bits per heavy atom. The molecule has 0 aliphatic carbocycles. The second kappa shape index (κ2) is 3.73. The van der Waals surface area contributed by atoms with Crippen molar-refractivity contribution in [1.29, 1.82) is 0 Å². The van der Waals surface area contributed by atoms with E-state index in [9.17, 15) is 4.79 Å². The van der Waals surface area contributed by atoms with Crippen molar-refractivity contribution < 1.29 is 0 Å². The summed E-state index contributed by atoms with van der Waals surface area (Å²) in [5, 5.41) is 0. The first kappa shape index (κ1) is 9.71. The molecule has 1 saturated heterocycles. The van der Waals surface area contributed by atoms with E-state index in [4.69, 9.17) is 0 Å². The van der Waals surface area contributed by atoms with E-state index in [1.165, 1.54) is 0 Å². The Bertz CT molecular complexity index is 368. The molecule has 2 rings (SSSR count). The van der Waals surface area contributed by atoms with Crippen molar-refractivity contribution in [3.63, 3.8) is 0 Å². The van der Waals surface area contributed by atoms with E-state index < -0.39 is 0 Å². The van der Waals surface area contributed by atoms with Crippen LogP contribution in [0.4, 0.5) is 5.82 Å². The molecule has 1 aromatic rings. The van der Waals surface area contributed by atoms with Gasteiger partial charge in [-0.25, -0.2) is 4.98 Å². The number of nitrogens with zero attached hydrogens (tertiary/aromatic N) is 2. The lowest BCUT2D eigenvalue weighted by Gasteiger charge is -2.14. The maximum atomic E-state index is 11.4. The number of aromatic amines is 1. The zero-order chi connectivity index (χ0) is 10.1. The van der Waals surface area contributed by atoms with Gasteiger partial charge in [0.25, 0.3) is 5.56 Å². The summed E-state index contributed by atoms with van der Waals surface area (Å²) in [7, 11) is 0. The highest BCUT2D eigenvalue weighted by Crippen LogP contribution is 2.24. The summed E-state index contributed by atoms with van der Waals surface area (Å²) in [6.45, 7) is 3.90. The van der Waals surface area contributed by atoms with Gasteiger partial charge >= 0.3 is 0 Å². The van der Waals surface area contributed by atoms with Gasteiger partial charge in [0, 0.05) is 30.3 Å². The van der Waals surface area contributed by atoms with Crippen LogP contribution in [0.2, 0.25) is 0 Å². The molecular formula is C9H12BrN3O. The van der Waals surface area contributed by atoms with Gasteiger partial charge in [-0.2, -0.15) is 0 Å². The summed E-state index contributed by atoms with van der Waals surface area (Å²) in [6.07, 6.45) is 3.17. The van der Waals surface area contributed by atoms with Crippen LogP contribution in [0.15, 0.2) is 17.2 Å². The van der Waals surface area contributed by atoms with E-state index >= 15 is 0 Å². The van der Waals surface area contributed by atoms with Crippen LogP contribution in [-0.4, -0.2) is 27.9 Å². The molecule has 1 aromatic heterocycles. The quantitative estimate of drug-likeness (QED) is 0.764. The molecule has 1 aliphatic rings. The first-order valence-corrected chi connectivity index (χ1v) is 5.53. The van der Waals surface area contributed by atoms with Gasteiger partial charge in [-0.1, -0.05) is 22.9 Å². The van der Waals surface area contributed by atoms with Crippen LogP contribution >= 0.6 is 15.9 Å². The lowest BCUT2D eigenvalue weighted by Crippen LogP contribution is -2.28. The van der Waals surface area contributed by atoms with Crippen molar-refractivity contribution >= 4 is 21.7 Å². The largest absolute Gasteiger partial charge is 0.351 e. The molecule has 0 spiro atoms. The normalized spacial score (nSPS) is 26.9. The van der Waals surface area contributed by atoms with Crippen molar-refractivity contribution in [3.8, 4) is 0 Å². The molecule has 1 aliphatic heterocycles. The van der Waals surface area contributed by atoms with Crippen LogP contribution < -0.4 is 10.5 Å². The third kappa shape index (κ3) is 1.68. The number of alkyl halides is 1. The van der Waals surface area contributed by atoms with Crippen LogP contribution in [-0.2, 0) is 0 Å². The summed E-state index contributed by atoms with van der Waals surface area (Å²) in [5.41, 5.74) is -0.110. The van der Waals surface area contributed by atoms with E-state index in [0.29, 0.717) is 16.6 Å². The summed E-state index contributed by atoms with van der Waals surface area (Å²) in [6, 6.07) is 0. The van der Waals surface area contributed by atoms with Crippen LogP contribution in [0.3, 0.4) is 0 Å². The second-order valence-corrected chi connectivity index (χ2v) is 4.82. The average molecular weight is 258 g/mol. The summed E-state index contributed by atoms with van der Waals surface area (Å²) in [5.74, 6) is 1.08. The van der Waals surface area contributed by atoms with Crippen LogP contribution in [0.1, 0.15) is 6.92 Å². The van der Waals surface area contributed by atoms with E-state index in [-0.39, 0.29) is 5.56 Å². The van der Waals surface area contributed by atoms with Crippen molar-refractivity contribution in [3.05, 3.63) is 22.7 Å². The molecule has 76 valence electrons. The molecule has 2 atom stereocenters. The highest BCUT2D eigenvalue weighted by molar-refractivity contribution is 9.09. The number of anilines is 1. The van der Waals surface area contributed by atoms with E-state index in [2.05, 4.69) is 32.8 Å². The van der Waals surface area contributed by atoms with Gasteiger partial charge in [0.1, 0.15) is 0 Å². The third-order valence-electron chi connectivity index (χ3n) is 2.51. The molecule has 4 nitrogen and oxygen atoms in total. The average Bonchev–Trinajstić information content (AvgIpc) is 2.48. The van der Waals surface area contributed by atoms with Crippen molar-refractivity contribution in [1.82, 2.24) is 9.97 Å². The number of hydrogen-bond acceptors (Lipinski definition) is 3. The number of aromatic nitrogens is 2. The smallest absolute Gasteiger partial charge is 0.290 e. The minimum Gasteiger partial charge on any atom is -0.351 e. The van der Waals surface area contributed by atoms with Gasteiger partial charge in [0.05, 0.1) is 0 Å². The number of hydrogen-bond donors (Lipinski definition) is 1. The lowest BCUT2D eigenvalue weighted by molar-refractivity contribution is 0.678. The fourth-order valence-corrected chi connectivity index (χ4v) is 2.19. The Balaban J connectivity index is 2.26. The molecule has 0 saturated carbocycles. The van der Waals surface area contributed by atoms with Crippen LogP contribution in [0.25, 0.3) is 0 Å². The molecule has 1 fully saturated rings. The summed E-state index contributed by atoms with van der Waals surface area (Å²) in [4.78, 5) is 20.6. The molecule has 0 bridgehead atoms. The van der Waals surface area contributed by atoms with Crippen molar-refractivity contribution in [2.45, 2.75) is 11.8 Å². The number of rotatable bonds is 1. The maximum absolute atomic E-state index is 11.4. The zero-order valence-electron chi connectivity index (χ0n) is 7.90. The lowest BCUT2D eigenvalue weighted by atomic mass is 10.2. The van der Waals surface area contributed by atoms with Gasteiger partial charge < -0.3 is 9.88 Å². The number of nitrogens with one attached hydrogen (secondary N) is 1. The van der Waals surface area contributed by atoms with E-state index in [0.717, 1.165) is 13.1 Å². The molecule has 0 radical (unpaired) electrons. The summed E-state index contributed by atoms with van der Waals surface area (Å²) >= 11 is 3.58.